The fourth-order valence-corrected chi connectivity index (χ4v) is 2.81. The van der Waals surface area contributed by atoms with E-state index in [-0.39, 0.29) is 23.8 Å². The summed E-state index contributed by atoms with van der Waals surface area (Å²) in [7, 11) is -3.72. The first-order chi connectivity index (χ1) is 10.9. The Balaban J connectivity index is 1.86. The SMILES string of the molecule is Cc1ccc(S(=O)(=O)NCC(=O)NCc2ccc(F)cc2)cc1. The summed E-state index contributed by atoms with van der Waals surface area (Å²) in [6.45, 7) is 1.69. The number of benzene rings is 2. The lowest BCUT2D eigenvalue weighted by Crippen LogP contribution is -2.36. The number of amides is 1. The van der Waals surface area contributed by atoms with Crippen LogP contribution in [0.5, 0.6) is 0 Å². The molecule has 5 nitrogen and oxygen atoms in total. The second-order valence-corrected chi connectivity index (χ2v) is 6.81. The van der Waals surface area contributed by atoms with Crippen molar-refractivity contribution >= 4 is 15.9 Å². The molecule has 122 valence electrons. The van der Waals surface area contributed by atoms with Crippen LogP contribution in [-0.2, 0) is 21.4 Å². The maximum absolute atomic E-state index is 12.8. The summed E-state index contributed by atoms with van der Waals surface area (Å²) in [4.78, 5) is 11.8. The molecule has 0 saturated heterocycles. The molecule has 0 saturated carbocycles. The van der Waals surface area contributed by atoms with Gasteiger partial charge in [-0.15, -0.1) is 0 Å². The van der Waals surface area contributed by atoms with Crippen LogP contribution in [0.2, 0.25) is 0 Å². The second-order valence-electron chi connectivity index (χ2n) is 5.04. The Labute approximate surface area is 134 Å². The third-order valence-corrected chi connectivity index (χ3v) is 4.57. The van der Waals surface area contributed by atoms with Crippen molar-refractivity contribution in [3.63, 3.8) is 0 Å². The monoisotopic (exact) mass is 336 g/mol. The van der Waals surface area contributed by atoms with E-state index in [1.165, 1.54) is 24.3 Å². The molecule has 0 aliphatic heterocycles. The number of aryl methyl sites for hydroxylation is 1. The molecule has 2 aromatic carbocycles. The van der Waals surface area contributed by atoms with E-state index in [9.17, 15) is 17.6 Å². The molecule has 2 aromatic rings. The maximum atomic E-state index is 12.8. The van der Waals surface area contributed by atoms with Gasteiger partial charge in [-0.3, -0.25) is 4.79 Å². The number of carbonyl (C=O) groups excluding carboxylic acids is 1. The molecule has 23 heavy (non-hydrogen) atoms. The van der Waals surface area contributed by atoms with Crippen LogP contribution in [0.3, 0.4) is 0 Å². The van der Waals surface area contributed by atoms with Crippen LogP contribution in [-0.4, -0.2) is 20.9 Å². The Hall–Kier alpha value is -2.25. The zero-order valence-electron chi connectivity index (χ0n) is 12.5. The third kappa shape index (κ3) is 5.15. The van der Waals surface area contributed by atoms with Gasteiger partial charge >= 0.3 is 0 Å². The lowest BCUT2D eigenvalue weighted by Gasteiger charge is -2.08. The maximum Gasteiger partial charge on any atom is 0.241 e. The molecule has 0 radical (unpaired) electrons. The van der Waals surface area contributed by atoms with E-state index in [0.29, 0.717) is 0 Å². The lowest BCUT2D eigenvalue weighted by atomic mass is 10.2. The summed E-state index contributed by atoms with van der Waals surface area (Å²) in [6.07, 6.45) is 0. The van der Waals surface area contributed by atoms with E-state index in [1.54, 1.807) is 24.3 Å². The Bertz CT molecular complexity index is 772. The summed E-state index contributed by atoms with van der Waals surface area (Å²) in [5.41, 5.74) is 1.67. The van der Waals surface area contributed by atoms with Crippen molar-refractivity contribution in [2.45, 2.75) is 18.4 Å². The van der Waals surface area contributed by atoms with Crippen molar-refractivity contribution in [2.24, 2.45) is 0 Å². The predicted octanol–water partition coefficient (Wildman–Crippen LogP) is 1.73. The highest BCUT2D eigenvalue weighted by Gasteiger charge is 2.14. The Morgan fingerprint density at radius 1 is 1.04 bits per heavy atom. The molecule has 0 unspecified atom stereocenters. The lowest BCUT2D eigenvalue weighted by molar-refractivity contribution is -0.120. The van der Waals surface area contributed by atoms with Gasteiger partial charge in [0.2, 0.25) is 15.9 Å². The van der Waals surface area contributed by atoms with Crippen molar-refractivity contribution in [2.75, 3.05) is 6.54 Å². The molecule has 7 heteroatoms. The van der Waals surface area contributed by atoms with Crippen molar-refractivity contribution in [1.82, 2.24) is 10.0 Å². The normalized spacial score (nSPS) is 11.2. The number of carbonyl (C=O) groups is 1. The standard InChI is InChI=1S/C16H17FN2O3S/c1-12-2-8-15(9-3-12)23(21,22)19-11-16(20)18-10-13-4-6-14(17)7-5-13/h2-9,19H,10-11H2,1H3,(H,18,20). The Morgan fingerprint density at radius 3 is 2.26 bits per heavy atom. The molecule has 1 amide bonds. The van der Waals surface area contributed by atoms with Crippen LogP contribution in [0.4, 0.5) is 4.39 Å². The summed E-state index contributed by atoms with van der Waals surface area (Å²) in [5.74, 6) is -0.823. The van der Waals surface area contributed by atoms with Crippen LogP contribution in [0, 0.1) is 12.7 Å². The molecule has 0 spiro atoms. The molecule has 2 rings (SSSR count). The molecule has 0 aliphatic rings. The van der Waals surface area contributed by atoms with Gasteiger partial charge in [-0.2, -0.15) is 0 Å². The fourth-order valence-electron chi connectivity index (χ4n) is 1.83. The van der Waals surface area contributed by atoms with Gasteiger partial charge in [0.15, 0.2) is 0 Å². The van der Waals surface area contributed by atoms with Gasteiger partial charge in [0, 0.05) is 6.54 Å². The van der Waals surface area contributed by atoms with Gasteiger partial charge in [-0.1, -0.05) is 29.8 Å². The molecule has 0 fully saturated rings. The van der Waals surface area contributed by atoms with E-state index in [1.807, 2.05) is 6.92 Å². The molecular formula is C16H17FN2O3S. The molecule has 0 aliphatic carbocycles. The first-order valence-corrected chi connectivity index (χ1v) is 8.42. The first kappa shape index (κ1) is 17.1. The summed E-state index contributed by atoms with van der Waals surface area (Å²) < 4.78 is 39.1. The minimum Gasteiger partial charge on any atom is -0.351 e. The van der Waals surface area contributed by atoms with Gasteiger partial charge in [-0.25, -0.2) is 17.5 Å². The van der Waals surface area contributed by atoms with E-state index in [0.717, 1.165) is 11.1 Å². The van der Waals surface area contributed by atoms with Crippen LogP contribution >= 0.6 is 0 Å². The van der Waals surface area contributed by atoms with E-state index < -0.39 is 15.9 Å². The van der Waals surface area contributed by atoms with Gasteiger partial charge in [0.05, 0.1) is 11.4 Å². The average molecular weight is 336 g/mol. The van der Waals surface area contributed by atoms with Crippen LogP contribution in [0.1, 0.15) is 11.1 Å². The van der Waals surface area contributed by atoms with Crippen molar-refractivity contribution in [1.29, 1.82) is 0 Å². The van der Waals surface area contributed by atoms with Crippen molar-refractivity contribution < 1.29 is 17.6 Å². The smallest absolute Gasteiger partial charge is 0.241 e. The molecule has 2 N–H and O–H groups in total. The van der Waals surface area contributed by atoms with Crippen LogP contribution < -0.4 is 10.0 Å². The number of halogens is 1. The zero-order valence-corrected chi connectivity index (χ0v) is 13.4. The first-order valence-electron chi connectivity index (χ1n) is 6.94. The third-order valence-electron chi connectivity index (χ3n) is 3.16. The molecular weight excluding hydrogens is 319 g/mol. The highest BCUT2D eigenvalue weighted by molar-refractivity contribution is 7.89. The van der Waals surface area contributed by atoms with Gasteiger partial charge in [-0.05, 0) is 36.8 Å². The van der Waals surface area contributed by atoms with Gasteiger partial charge < -0.3 is 5.32 Å². The van der Waals surface area contributed by atoms with Crippen molar-refractivity contribution in [3.8, 4) is 0 Å². The number of hydrogen-bond acceptors (Lipinski definition) is 3. The highest BCUT2D eigenvalue weighted by Crippen LogP contribution is 2.09. The zero-order chi connectivity index (χ0) is 16.9. The molecule has 0 atom stereocenters. The van der Waals surface area contributed by atoms with Crippen molar-refractivity contribution in [3.05, 3.63) is 65.5 Å². The highest BCUT2D eigenvalue weighted by atomic mass is 32.2. The van der Waals surface area contributed by atoms with E-state index >= 15 is 0 Å². The summed E-state index contributed by atoms with van der Waals surface area (Å²) in [5, 5.41) is 2.56. The number of nitrogens with one attached hydrogen (secondary N) is 2. The predicted molar refractivity (Wildman–Crippen MR) is 84.6 cm³/mol. The van der Waals surface area contributed by atoms with E-state index in [4.69, 9.17) is 0 Å². The average Bonchev–Trinajstić information content (AvgIpc) is 2.53. The Morgan fingerprint density at radius 2 is 1.65 bits per heavy atom. The topological polar surface area (TPSA) is 75.3 Å². The van der Waals surface area contributed by atoms with Gasteiger partial charge in [0.25, 0.3) is 0 Å². The van der Waals surface area contributed by atoms with Gasteiger partial charge in [0.1, 0.15) is 5.82 Å². The van der Waals surface area contributed by atoms with E-state index in [2.05, 4.69) is 10.0 Å². The van der Waals surface area contributed by atoms with Crippen LogP contribution in [0.25, 0.3) is 0 Å². The van der Waals surface area contributed by atoms with Crippen LogP contribution in [0.15, 0.2) is 53.4 Å². The molecule has 0 aromatic heterocycles. The summed E-state index contributed by atoms with van der Waals surface area (Å²) >= 11 is 0. The quantitative estimate of drug-likeness (QED) is 0.843. The number of sulfonamides is 1. The fraction of sp³-hybridized carbons (Fsp3) is 0.188. The second kappa shape index (κ2) is 7.34. The number of hydrogen-bond donors (Lipinski definition) is 2. The molecule has 0 bridgehead atoms. The largest absolute Gasteiger partial charge is 0.351 e. The minimum atomic E-state index is -3.72. The number of rotatable bonds is 6. The molecule has 0 heterocycles. The minimum absolute atomic E-state index is 0.106. The summed E-state index contributed by atoms with van der Waals surface area (Å²) in [6, 6.07) is 12.0. The Kier molecular flexibility index (Phi) is 5.46.